The van der Waals surface area contributed by atoms with Gasteiger partial charge >= 0.3 is 11.9 Å². The normalized spacial score (nSPS) is 8.45. The average Bonchev–Trinajstić information content (AvgIpc) is 2.38. The van der Waals surface area contributed by atoms with Crippen LogP contribution >= 0.6 is 0 Å². The molecule has 0 heterocycles. The number of hydrogen-bond acceptors (Lipinski definition) is 5. The Balaban J connectivity index is 0.000000796. The molecule has 1 N–H and O–H groups in total. The molecular weight excluding hydrogens is 264 g/mol. The fourth-order valence-electron chi connectivity index (χ4n) is 1.12. The Kier molecular flexibility index (Phi) is 7.78. The monoisotopic (exact) mass is 278 g/mol. The van der Waals surface area contributed by atoms with Gasteiger partial charge in [0.2, 0.25) is 0 Å². The van der Waals surface area contributed by atoms with Crippen molar-refractivity contribution in [2.24, 2.45) is 0 Å². The summed E-state index contributed by atoms with van der Waals surface area (Å²) in [7, 11) is 0. The summed E-state index contributed by atoms with van der Waals surface area (Å²) in [6, 6.07) is 6.16. The van der Waals surface area contributed by atoms with Crippen LogP contribution in [0.1, 0.15) is 27.6 Å². The SMILES string of the molecule is C=COC(=O)c1ccccc1C(=O)OC=C.CC(=O)O. The van der Waals surface area contributed by atoms with Crippen molar-refractivity contribution in [3.63, 3.8) is 0 Å². The molecule has 0 aliphatic carbocycles. The molecule has 0 aliphatic heterocycles. The van der Waals surface area contributed by atoms with E-state index in [1.807, 2.05) is 0 Å². The molecule has 1 aromatic rings. The highest BCUT2D eigenvalue weighted by Gasteiger charge is 2.17. The second-order valence-electron chi connectivity index (χ2n) is 3.21. The third-order valence-electron chi connectivity index (χ3n) is 1.75. The molecule has 0 atom stereocenters. The molecule has 0 amide bonds. The fraction of sp³-hybridized carbons (Fsp3) is 0.0714. The van der Waals surface area contributed by atoms with Crippen molar-refractivity contribution in [1.29, 1.82) is 0 Å². The van der Waals surface area contributed by atoms with Gasteiger partial charge in [0.1, 0.15) is 0 Å². The number of aliphatic carboxylic acids is 1. The maximum Gasteiger partial charge on any atom is 0.343 e. The molecule has 0 unspecified atom stereocenters. The lowest BCUT2D eigenvalue weighted by Gasteiger charge is -2.05. The number of benzene rings is 1. The van der Waals surface area contributed by atoms with Gasteiger partial charge in [-0.2, -0.15) is 0 Å². The van der Waals surface area contributed by atoms with E-state index in [4.69, 9.17) is 9.90 Å². The Morgan fingerprint density at radius 2 is 1.30 bits per heavy atom. The van der Waals surface area contributed by atoms with Gasteiger partial charge in [-0.1, -0.05) is 25.3 Å². The first kappa shape index (κ1) is 17.1. The zero-order valence-corrected chi connectivity index (χ0v) is 10.9. The first-order valence-corrected chi connectivity index (χ1v) is 5.36. The van der Waals surface area contributed by atoms with Crippen molar-refractivity contribution in [2.45, 2.75) is 6.92 Å². The molecule has 106 valence electrons. The Morgan fingerprint density at radius 3 is 1.55 bits per heavy atom. The predicted octanol–water partition coefficient (Wildman–Crippen LogP) is 2.38. The van der Waals surface area contributed by atoms with Crippen molar-refractivity contribution >= 4 is 17.9 Å². The van der Waals surface area contributed by atoms with E-state index in [9.17, 15) is 9.59 Å². The highest BCUT2D eigenvalue weighted by Crippen LogP contribution is 2.12. The number of carbonyl (C=O) groups is 3. The number of esters is 2. The quantitative estimate of drug-likeness (QED) is 0.671. The first-order valence-electron chi connectivity index (χ1n) is 5.36. The van der Waals surface area contributed by atoms with Gasteiger partial charge in [-0.3, -0.25) is 4.79 Å². The van der Waals surface area contributed by atoms with Gasteiger partial charge in [0.25, 0.3) is 5.97 Å². The number of rotatable bonds is 4. The van der Waals surface area contributed by atoms with Gasteiger partial charge < -0.3 is 14.6 Å². The number of ether oxygens (including phenoxy) is 2. The van der Waals surface area contributed by atoms with Gasteiger partial charge in [-0.15, -0.1) is 0 Å². The minimum Gasteiger partial charge on any atom is -0.481 e. The molecule has 20 heavy (non-hydrogen) atoms. The summed E-state index contributed by atoms with van der Waals surface area (Å²) in [5, 5.41) is 7.42. The average molecular weight is 278 g/mol. The van der Waals surface area contributed by atoms with Crippen LogP contribution in [0, 0.1) is 0 Å². The number of carboxylic acid groups (broad SMARTS) is 1. The summed E-state index contributed by atoms with van der Waals surface area (Å²) in [6.45, 7) is 7.61. The van der Waals surface area contributed by atoms with Crippen LogP contribution in [0.3, 0.4) is 0 Å². The summed E-state index contributed by atoms with van der Waals surface area (Å²) in [4.78, 5) is 31.9. The van der Waals surface area contributed by atoms with Gasteiger partial charge in [0, 0.05) is 6.92 Å². The van der Waals surface area contributed by atoms with E-state index in [1.54, 1.807) is 12.1 Å². The standard InChI is InChI=1S/C12H10O4.C2H4O2/c1-3-15-11(13)9-7-5-6-8-10(9)12(14)16-4-2;1-2(3)4/h3-8H,1-2H2;1H3,(H,3,4). The highest BCUT2D eigenvalue weighted by atomic mass is 16.5. The maximum atomic E-state index is 11.4. The zero-order valence-electron chi connectivity index (χ0n) is 10.9. The van der Waals surface area contributed by atoms with Crippen molar-refractivity contribution in [2.75, 3.05) is 0 Å². The molecule has 6 heteroatoms. The molecule has 1 rings (SSSR count). The Bertz CT molecular complexity index is 473. The molecule has 1 aromatic carbocycles. The van der Waals surface area contributed by atoms with Crippen LogP contribution in [0.25, 0.3) is 0 Å². The topological polar surface area (TPSA) is 89.9 Å². The molecule has 6 nitrogen and oxygen atoms in total. The van der Waals surface area contributed by atoms with E-state index >= 15 is 0 Å². The van der Waals surface area contributed by atoms with Crippen LogP contribution in [-0.2, 0) is 14.3 Å². The molecule has 0 fully saturated rings. The number of carboxylic acids is 1. The van der Waals surface area contributed by atoms with Crippen molar-refractivity contribution < 1.29 is 29.0 Å². The van der Waals surface area contributed by atoms with E-state index in [0.29, 0.717) is 0 Å². The van der Waals surface area contributed by atoms with Crippen molar-refractivity contribution in [3.05, 3.63) is 61.1 Å². The van der Waals surface area contributed by atoms with Crippen LogP contribution in [0.5, 0.6) is 0 Å². The van der Waals surface area contributed by atoms with E-state index in [2.05, 4.69) is 22.6 Å². The van der Waals surface area contributed by atoms with Gasteiger partial charge in [0.15, 0.2) is 0 Å². The van der Waals surface area contributed by atoms with Crippen LogP contribution in [0.4, 0.5) is 0 Å². The Hall–Kier alpha value is -2.89. The summed E-state index contributed by atoms with van der Waals surface area (Å²) >= 11 is 0. The van der Waals surface area contributed by atoms with E-state index in [-0.39, 0.29) is 11.1 Å². The lowest BCUT2D eigenvalue weighted by Crippen LogP contribution is -2.10. The largest absolute Gasteiger partial charge is 0.481 e. The Labute approximate surface area is 115 Å². The molecule has 0 spiro atoms. The highest BCUT2D eigenvalue weighted by molar-refractivity contribution is 6.03. The lowest BCUT2D eigenvalue weighted by molar-refractivity contribution is -0.134. The smallest absolute Gasteiger partial charge is 0.343 e. The van der Waals surface area contributed by atoms with Gasteiger partial charge in [-0.25, -0.2) is 9.59 Å². The number of hydrogen-bond donors (Lipinski definition) is 1. The number of carbonyl (C=O) groups excluding carboxylic acids is 2. The van der Waals surface area contributed by atoms with E-state index in [0.717, 1.165) is 19.4 Å². The summed E-state index contributed by atoms with van der Waals surface area (Å²) in [6.07, 6.45) is 2.00. The van der Waals surface area contributed by atoms with Crippen LogP contribution in [0.2, 0.25) is 0 Å². The van der Waals surface area contributed by atoms with Crippen LogP contribution < -0.4 is 0 Å². The molecule has 0 radical (unpaired) electrons. The van der Waals surface area contributed by atoms with Crippen LogP contribution in [0.15, 0.2) is 49.9 Å². The Morgan fingerprint density at radius 1 is 1.00 bits per heavy atom. The molecule has 0 aromatic heterocycles. The van der Waals surface area contributed by atoms with Crippen LogP contribution in [-0.4, -0.2) is 23.0 Å². The summed E-state index contributed by atoms with van der Waals surface area (Å²) in [5.41, 5.74) is 0.239. The minimum atomic E-state index is -0.833. The molecule has 0 saturated carbocycles. The second kappa shape index (κ2) is 9.09. The van der Waals surface area contributed by atoms with Crippen molar-refractivity contribution in [1.82, 2.24) is 0 Å². The summed E-state index contributed by atoms with van der Waals surface area (Å²) < 4.78 is 9.18. The van der Waals surface area contributed by atoms with Crippen molar-refractivity contribution in [3.8, 4) is 0 Å². The molecular formula is C14H14O6. The fourth-order valence-corrected chi connectivity index (χ4v) is 1.12. The van der Waals surface area contributed by atoms with Gasteiger partial charge in [-0.05, 0) is 12.1 Å². The molecule has 0 bridgehead atoms. The van der Waals surface area contributed by atoms with Gasteiger partial charge in [0.05, 0.1) is 23.7 Å². The zero-order chi connectivity index (χ0) is 15.5. The minimum absolute atomic E-state index is 0.120. The third-order valence-corrected chi connectivity index (χ3v) is 1.75. The lowest BCUT2D eigenvalue weighted by atomic mass is 10.1. The molecule has 0 saturated heterocycles. The third kappa shape index (κ3) is 6.15. The maximum absolute atomic E-state index is 11.4. The predicted molar refractivity (Wildman–Crippen MR) is 71.0 cm³/mol. The summed E-state index contributed by atoms with van der Waals surface area (Å²) in [5.74, 6) is -2.15. The van der Waals surface area contributed by atoms with E-state index < -0.39 is 17.9 Å². The second-order valence-corrected chi connectivity index (χ2v) is 3.21. The first-order chi connectivity index (χ1) is 9.43. The molecule has 0 aliphatic rings. The van der Waals surface area contributed by atoms with E-state index in [1.165, 1.54) is 12.1 Å².